The fourth-order valence-corrected chi connectivity index (χ4v) is 5.86. The summed E-state index contributed by atoms with van der Waals surface area (Å²) < 4.78 is 5.99. The molecule has 2 heterocycles. The number of piperidine rings is 1. The van der Waals surface area contributed by atoms with Crippen LogP contribution in [0.2, 0.25) is 0 Å². The molecule has 130 valence electrons. The topological polar surface area (TPSA) is 70.0 Å². The highest BCUT2D eigenvalue weighted by molar-refractivity contribution is 5.99. The molecule has 6 rings (SSSR count). The minimum atomic E-state index is -1.12. The fraction of sp³-hybridized carbons (Fsp3) is 0.550. The molecule has 4 atom stereocenters. The maximum absolute atomic E-state index is 12.6. The van der Waals surface area contributed by atoms with E-state index in [0.29, 0.717) is 12.2 Å². The van der Waals surface area contributed by atoms with Crippen LogP contribution in [-0.2, 0) is 16.6 Å². The van der Waals surface area contributed by atoms with Crippen LogP contribution in [0.15, 0.2) is 24.3 Å². The van der Waals surface area contributed by atoms with Crippen molar-refractivity contribution in [1.82, 2.24) is 4.90 Å². The monoisotopic (exact) mass is 339 g/mol. The van der Waals surface area contributed by atoms with Crippen molar-refractivity contribution in [1.29, 1.82) is 0 Å². The number of aliphatic hydroxyl groups is 1. The van der Waals surface area contributed by atoms with E-state index in [1.54, 1.807) is 12.1 Å². The first-order valence-electron chi connectivity index (χ1n) is 9.26. The summed E-state index contributed by atoms with van der Waals surface area (Å²) in [6.45, 7) is 1.88. The number of rotatable bonds is 2. The van der Waals surface area contributed by atoms with Crippen LogP contribution in [0, 0.1) is 5.92 Å². The summed E-state index contributed by atoms with van der Waals surface area (Å²) in [6.07, 6.45) is 6.45. The van der Waals surface area contributed by atoms with Crippen molar-refractivity contribution in [2.75, 3.05) is 13.1 Å². The zero-order chi connectivity index (χ0) is 17.0. The van der Waals surface area contributed by atoms with Gasteiger partial charge in [-0.2, -0.15) is 0 Å². The fourth-order valence-electron chi connectivity index (χ4n) is 5.86. The van der Waals surface area contributed by atoms with Gasteiger partial charge in [-0.15, -0.1) is 0 Å². The molecule has 1 spiro atoms. The molecule has 0 radical (unpaired) electrons. The van der Waals surface area contributed by atoms with Crippen molar-refractivity contribution in [2.45, 2.75) is 48.8 Å². The van der Waals surface area contributed by atoms with Gasteiger partial charge in [0.25, 0.3) is 0 Å². The third-order valence-corrected chi connectivity index (χ3v) is 7.17. The first kappa shape index (κ1) is 14.3. The minimum absolute atomic E-state index is 0.0414. The molecular weight excluding hydrogens is 318 g/mol. The number of ether oxygens (including phenoxy) is 1. The highest BCUT2D eigenvalue weighted by Gasteiger charge is 2.72. The molecule has 5 nitrogen and oxygen atoms in total. The molecule has 3 aliphatic carbocycles. The molecule has 5 aliphatic rings. The van der Waals surface area contributed by atoms with Crippen molar-refractivity contribution < 1.29 is 19.7 Å². The van der Waals surface area contributed by atoms with E-state index in [1.165, 1.54) is 18.9 Å². The maximum atomic E-state index is 12.6. The molecule has 1 saturated carbocycles. The average Bonchev–Trinajstić information content (AvgIpc) is 3.32. The van der Waals surface area contributed by atoms with Crippen molar-refractivity contribution >= 4 is 5.78 Å². The van der Waals surface area contributed by atoms with Gasteiger partial charge in [0.2, 0.25) is 0 Å². The number of hydrogen-bond acceptors (Lipinski definition) is 5. The molecule has 2 bridgehead atoms. The Morgan fingerprint density at radius 1 is 1.32 bits per heavy atom. The molecule has 5 heteroatoms. The molecule has 2 unspecified atom stereocenters. The second-order valence-electron chi connectivity index (χ2n) is 8.39. The van der Waals surface area contributed by atoms with Gasteiger partial charge in [-0.25, -0.2) is 0 Å². The zero-order valence-electron chi connectivity index (χ0n) is 13.9. The summed E-state index contributed by atoms with van der Waals surface area (Å²) in [5, 5.41) is 22.2. The summed E-state index contributed by atoms with van der Waals surface area (Å²) in [5.74, 6) is 1.12. The van der Waals surface area contributed by atoms with E-state index in [-0.39, 0.29) is 17.6 Å². The number of phenols is 1. The van der Waals surface area contributed by atoms with E-state index >= 15 is 0 Å². The highest BCUT2D eigenvalue weighted by atomic mass is 16.5. The molecule has 0 amide bonds. The zero-order valence-corrected chi connectivity index (χ0v) is 13.9. The lowest BCUT2D eigenvalue weighted by molar-refractivity contribution is -0.155. The Bertz CT molecular complexity index is 844. The molecule has 1 saturated heterocycles. The summed E-state index contributed by atoms with van der Waals surface area (Å²) in [5.41, 5.74) is 0.101. The molecule has 0 aromatic heterocycles. The van der Waals surface area contributed by atoms with Gasteiger partial charge >= 0.3 is 0 Å². The Labute approximate surface area is 145 Å². The van der Waals surface area contributed by atoms with Gasteiger partial charge in [0.1, 0.15) is 5.60 Å². The predicted molar refractivity (Wildman–Crippen MR) is 89.7 cm³/mol. The Kier molecular flexibility index (Phi) is 2.45. The van der Waals surface area contributed by atoms with Gasteiger partial charge < -0.3 is 14.9 Å². The lowest BCUT2D eigenvalue weighted by atomic mass is 9.51. The van der Waals surface area contributed by atoms with Gasteiger partial charge in [0.05, 0.1) is 5.41 Å². The normalized spacial score (nSPS) is 40.8. The minimum Gasteiger partial charge on any atom is -0.504 e. The number of carbonyl (C=O) groups is 1. The molecular formula is C20H21NO4. The number of ketones is 1. The number of carbonyl (C=O) groups excluding carboxylic acids is 1. The van der Waals surface area contributed by atoms with Gasteiger partial charge in [-0.1, -0.05) is 6.07 Å². The number of benzene rings is 1. The lowest BCUT2D eigenvalue weighted by Gasteiger charge is -2.60. The van der Waals surface area contributed by atoms with Crippen LogP contribution in [0.3, 0.4) is 0 Å². The Morgan fingerprint density at radius 3 is 2.96 bits per heavy atom. The number of nitrogens with zero attached hydrogens (tertiary/aromatic N) is 1. The third-order valence-electron chi connectivity index (χ3n) is 7.17. The summed E-state index contributed by atoms with van der Waals surface area (Å²) in [4.78, 5) is 15.0. The standard InChI is InChI=1S/C20H21NO4/c22-13-4-3-12-9-15-20(24)6-5-14(23)18-19(20,16(12)17(13)25-18)7-8-21(15)10-11-1-2-11/h3-6,11,15,18,22,24H,1-2,7-10H2/t15-,18+,19?,20?/m1/s1. The van der Waals surface area contributed by atoms with Crippen LogP contribution < -0.4 is 4.74 Å². The summed E-state index contributed by atoms with van der Waals surface area (Å²) in [7, 11) is 0. The van der Waals surface area contributed by atoms with Crippen LogP contribution >= 0.6 is 0 Å². The smallest absolute Gasteiger partial charge is 0.196 e. The van der Waals surface area contributed by atoms with Gasteiger partial charge in [-0.05, 0) is 61.9 Å². The van der Waals surface area contributed by atoms with Crippen molar-refractivity contribution in [2.24, 2.45) is 5.92 Å². The van der Waals surface area contributed by atoms with E-state index in [4.69, 9.17) is 4.74 Å². The van der Waals surface area contributed by atoms with Crippen LogP contribution in [0.25, 0.3) is 0 Å². The largest absolute Gasteiger partial charge is 0.504 e. The van der Waals surface area contributed by atoms with Crippen molar-refractivity contribution in [3.8, 4) is 11.5 Å². The molecule has 25 heavy (non-hydrogen) atoms. The number of aromatic hydroxyl groups is 1. The van der Waals surface area contributed by atoms with Crippen molar-refractivity contribution in [3.05, 3.63) is 35.4 Å². The summed E-state index contributed by atoms with van der Waals surface area (Å²) in [6, 6.07) is 3.56. The Balaban J connectivity index is 1.60. The van der Waals surface area contributed by atoms with Gasteiger partial charge in [0, 0.05) is 18.2 Å². The number of hydrogen-bond donors (Lipinski definition) is 2. The van der Waals surface area contributed by atoms with Crippen LogP contribution in [0.4, 0.5) is 0 Å². The second kappa shape index (κ2) is 4.27. The molecule has 1 aromatic carbocycles. The van der Waals surface area contributed by atoms with E-state index in [2.05, 4.69) is 4.90 Å². The average molecular weight is 339 g/mol. The van der Waals surface area contributed by atoms with Crippen LogP contribution in [0.1, 0.15) is 30.4 Å². The van der Waals surface area contributed by atoms with E-state index < -0.39 is 17.1 Å². The Morgan fingerprint density at radius 2 is 2.16 bits per heavy atom. The second-order valence-corrected chi connectivity index (χ2v) is 8.39. The quantitative estimate of drug-likeness (QED) is 0.850. The van der Waals surface area contributed by atoms with Gasteiger partial charge in [0.15, 0.2) is 23.4 Å². The van der Waals surface area contributed by atoms with Crippen LogP contribution in [-0.4, -0.2) is 51.7 Å². The van der Waals surface area contributed by atoms with Gasteiger partial charge in [-0.3, -0.25) is 9.69 Å². The van der Waals surface area contributed by atoms with Crippen LogP contribution in [0.5, 0.6) is 11.5 Å². The predicted octanol–water partition coefficient (Wildman–Crippen LogP) is 1.30. The third kappa shape index (κ3) is 1.51. The summed E-state index contributed by atoms with van der Waals surface area (Å²) >= 11 is 0. The molecule has 2 N–H and O–H groups in total. The van der Waals surface area contributed by atoms with E-state index in [9.17, 15) is 15.0 Å². The first-order chi connectivity index (χ1) is 12.0. The maximum Gasteiger partial charge on any atom is 0.196 e. The van der Waals surface area contributed by atoms with E-state index in [1.807, 2.05) is 6.07 Å². The Hall–Kier alpha value is -1.85. The van der Waals surface area contributed by atoms with E-state index in [0.717, 1.165) is 36.6 Å². The molecule has 2 fully saturated rings. The first-order valence-corrected chi connectivity index (χ1v) is 9.26. The lowest BCUT2D eigenvalue weighted by Crippen LogP contribution is -2.75. The van der Waals surface area contributed by atoms with Crippen molar-refractivity contribution in [3.63, 3.8) is 0 Å². The molecule has 2 aliphatic heterocycles. The highest BCUT2D eigenvalue weighted by Crippen LogP contribution is 2.63. The number of phenolic OH excluding ortho intramolecular Hbond substituents is 1. The SMILES string of the molecule is O=C1C=CC2(O)[C@H]3Cc4ccc(O)c5c4C2(CCN3CC2CC2)[C@H]1O5. The number of likely N-dealkylation sites (tertiary alicyclic amines) is 1. The molecule has 1 aromatic rings.